The fraction of sp³-hybridized carbons (Fsp3) is 0.571. The van der Waals surface area contributed by atoms with Crippen LogP contribution in [0.2, 0.25) is 0 Å². The topological polar surface area (TPSA) is 107 Å². The van der Waals surface area contributed by atoms with Crippen molar-refractivity contribution in [3.05, 3.63) is 47.1 Å². The van der Waals surface area contributed by atoms with Gasteiger partial charge in [0.1, 0.15) is 6.10 Å². The van der Waals surface area contributed by atoms with E-state index in [0.717, 1.165) is 43.2 Å². The molecule has 8 heteroatoms. The normalized spacial score (nSPS) is 25.6. The zero-order chi connectivity index (χ0) is 20.2. The van der Waals surface area contributed by atoms with Gasteiger partial charge in [-0.15, -0.1) is 0 Å². The summed E-state index contributed by atoms with van der Waals surface area (Å²) >= 11 is 0. The van der Waals surface area contributed by atoms with Crippen LogP contribution in [0.3, 0.4) is 0 Å². The van der Waals surface area contributed by atoms with Gasteiger partial charge in [0.05, 0.1) is 0 Å². The Bertz CT molecular complexity index is 816. The maximum Gasteiger partial charge on any atom is 0.404 e. The molecule has 2 aliphatic rings. The van der Waals surface area contributed by atoms with E-state index in [1.165, 1.54) is 0 Å². The first-order chi connectivity index (χ1) is 14.1. The summed E-state index contributed by atoms with van der Waals surface area (Å²) in [6.07, 6.45) is 3.46. The van der Waals surface area contributed by atoms with Crippen LogP contribution in [-0.4, -0.2) is 40.3 Å². The van der Waals surface area contributed by atoms with Gasteiger partial charge in [0, 0.05) is 18.6 Å². The van der Waals surface area contributed by atoms with Crippen LogP contribution in [0.25, 0.3) is 0 Å². The zero-order valence-electron chi connectivity index (χ0n) is 16.5. The molecule has 1 saturated carbocycles. The minimum atomic E-state index is -0.998. The number of amides is 1. The molecule has 29 heavy (non-hydrogen) atoms. The lowest BCUT2D eigenvalue weighted by molar-refractivity contribution is -0.183. The predicted octanol–water partition coefficient (Wildman–Crippen LogP) is 3.91. The molecule has 1 aromatic heterocycles. The Balaban J connectivity index is 1.51. The summed E-state index contributed by atoms with van der Waals surface area (Å²) in [6.45, 7) is 2.74. The Hall–Kier alpha value is -2.45. The summed E-state index contributed by atoms with van der Waals surface area (Å²) in [4.78, 5) is 15.5. The Morgan fingerprint density at radius 1 is 1.24 bits per heavy atom. The molecule has 2 N–H and O–H groups in total. The third-order valence-corrected chi connectivity index (χ3v) is 5.61. The quantitative estimate of drug-likeness (QED) is 0.755. The lowest BCUT2D eigenvalue weighted by Crippen LogP contribution is -2.31. The third-order valence-electron chi connectivity index (χ3n) is 5.61. The SMILES string of the molecule is Cc1ccc(C(OC2CCCCO2)c2noc([C@H]3CC[C@H](NC(=O)O)C3)n2)cc1. The van der Waals surface area contributed by atoms with Crippen molar-refractivity contribution in [3.8, 4) is 0 Å². The van der Waals surface area contributed by atoms with Crippen LogP contribution >= 0.6 is 0 Å². The lowest BCUT2D eigenvalue weighted by Gasteiger charge is -2.26. The Morgan fingerprint density at radius 2 is 2.07 bits per heavy atom. The second kappa shape index (κ2) is 8.92. The van der Waals surface area contributed by atoms with Crippen molar-refractivity contribution in [1.82, 2.24) is 15.5 Å². The van der Waals surface area contributed by atoms with Crippen molar-refractivity contribution in [3.63, 3.8) is 0 Å². The minimum absolute atomic E-state index is 0.0534. The molecular weight excluding hydrogens is 374 g/mol. The number of aromatic nitrogens is 2. The molecule has 2 aromatic rings. The van der Waals surface area contributed by atoms with Gasteiger partial charge in [0.2, 0.25) is 11.7 Å². The van der Waals surface area contributed by atoms with Crippen LogP contribution in [0.4, 0.5) is 4.79 Å². The van der Waals surface area contributed by atoms with E-state index in [2.05, 4.69) is 15.5 Å². The van der Waals surface area contributed by atoms with E-state index in [1.54, 1.807) is 0 Å². The highest BCUT2D eigenvalue weighted by atomic mass is 16.7. The summed E-state index contributed by atoms with van der Waals surface area (Å²) < 4.78 is 17.6. The number of rotatable bonds is 6. The van der Waals surface area contributed by atoms with E-state index < -0.39 is 12.2 Å². The van der Waals surface area contributed by atoms with Crippen molar-refractivity contribution in [1.29, 1.82) is 0 Å². The second-order valence-electron chi connectivity index (χ2n) is 7.87. The molecule has 2 unspecified atom stereocenters. The van der Waals surface area contributed by atoms with E-state index in [-0.39, 0.29) is 18.2 Å². The van der Waals surface area contributed by atoms with Gasteiger partial charge in [-0.3, -0.25) is 0 Å². The van der Waals surface area contributed by atoms with Gasteiger partial charge in [-0.05, 0) is 51.0 Å². The van der Waals surface area contributed by atoms with Crippen molar-refractivity contribution >= 4 is 6.09 Å². The number of nitrogens with zero attached hydrogens (tertiary/aromatic N) is 2. The first-order valence-corrected chi connectivity index (χ1v) is 10.2. The molecule has 0 bridgehead atoms. The monoisotopic (exact) mass is 401 g/mol. The minimum Gasteiger partial charge on any atom is -0.465 e. The highest BCUT2D eigenvalue weighted by Crippen LogP contribution is 2.35. The van der Waals surface area contributed by atoms with Crippen LogP contribution < -0.4 is 5.32 Å². The Morgan fingerprint density at radius 3 is 2.79 bits per heavy atom. The molecule has 4 atom stereocenters. The van der Waals surface area contributed by atoms with Gasteiger partial charge in [0.15, 0.2) is 6.29 Å². The van der Waals surface area contributed by atoms with E-state index >= 15 is 0 Å². The first-order valence-electron chi connectivity index (χ1n) is 10.2. The molecule has 1 aliphatic heterocycles. The summed E-state index contributed by atoms with van der Waals surface area (Å²) in [5.74, 6) is 1.07. The molecule has 0 radical (unpaired) electrons. The van der Waals surface area contributed by atoms with Crippen molar-refractivity contribution in [2.45, 2.75) is 69.8 Å². The number of carbonyl (C=O) groups is 1. The standard InChI is InChI=1S/C21H27N3O5/c1-13-5-7-14(8-6-13)18(28-17-4-2-3-11-27-17)19-23-20(29-24-19)15-9-10-16(12-15)22-21(25)26/h5-8,15-18,22H,2-4,9-12H2,1H3,(H,25,26)/t15-,16-,17?,18?/m0/s1. The number of carboxylic acid groups (broad SMARTS) is 1. The van der Waals surface area contributed by atoms with Crippen LogP contribution in [0, 0.1) is 6.92 Å². The number of aryl methyl sites for hydroxylation is 1. The van der Waals surface area contributed by atoms with Gasteiger partial charge >= 0.3 is 6.09 Å². The molecule has 2 heterocycles. The maximum absolute atomic E-state index is 10.9. The van der Waals surface area contributed by atoms with Gasteiger partial charge in [-0.2, -0.15) is 4.98 Å². The summed E-state index contributed by atoms with van der Waals surface area (Å²) in [5.41, 5.74) is 2.12. The molecule has 156 valence electrons. The van der Waals surface area contributed by atoms with Crippen LogP contribution in [0.1, 0.15) is 73.4 Å². The number of hydrogen-bond donors (Lipinski definition) is 2. The first kappa shape index (κ1) is 19.8. The van der Waals surface area contributed by atoms with E-state index in [1.807, 2.05) is 31.2 Å². The molecule has 0 spiro atoms. The number of benzene rings is 1. The third kappa shape index (κ3) is 4.94. The molecular formula is C21H27N3O5. The number of nitrogens with one attached hydrogen (secondary N) is 1. The highest BCUT2D eigenvalue weighted by Gasteiger charge is 2.33. The zero-order valence-corrected chi connectivity index (χ0v) is 16.5. The van der Waals surface area contributed by atoms with Gasteiger partial charge in [0.25, 0.3) is 0 Å². The second-order valence-corrected chi connectivity index (χ2v) is 7.87. The predicted molar refractivity (Wildman–Crippen MR) is 104 cm³/mol. The molecule has 1 aromatic carbocycles. The summed E-state index contributed by atoms with van der Waals surface area (Å²) in [7, 11) is 0. The van der Waals surface area contributed by atoms with Crippen LogP contribution in [0.5, 0.6) is 0 Å². The summed E-state index contributed by atoms with van der Waals surface area (Å²) in [5, 5.41) is 15.7. The average molecular weight is 401 g/mol. The van der Waals surface area contributed by atoms with Crippen LogP contribution in [0.15, 0.2) is 28.8 Å². The van der Waals surface area contributed by atoms with Crippen LogP contribution in [-0.2, 0) is 9.47 Å². The number of ether oxygens (including phenoxy) is 2. The number of hydrogen-bond acceptors (Lipinski definition) is 6. The molecule has 1 aliphatic carbocycles. The average Bonchev–Trinajstić information content (AvgIpc) is 3.37. The smallest absolute Gasteiger partial charge is 0.404 e. The molecule has 2 fully saturated rings. The van der Waals surface area contributed by atoms with Gasteiger partial charge in [-0.1, -0.05) is 35.0 Å². The fourth-order valence-corrected chi connectivity index (χ4v) is 4.03. The Kier molecular flexibility index (Phi) is 6.10. The lowest BCUT2D eigenvalue weighted by atomic mass is 10.1. The molecule has 4 rings (SSSR count). The maximum atomic E-state index is 10.9. The largest absolute Gasteiger partial charge is 0.465 e. The van der Waals surface area contributed by atoms with Gasteiger partial charge in [-0.25, -0.2) is 4.79 Å². The van der Waals surface area contributed by atoms with Gasteiger partial charge < -0.3 is 24.4 Å². The molecule has 1 amide bonds. The van der Waals surface area contributed by atoms with E-state index in [0.29, 0.717) is 24.7 Å². The van der Waals surface area contributed by atoms with Crippen molar-refractivity contribution in [2.24, 2.45) is 0 Å². The Labute approximate surface area is 169 Å². The van der Waals surface area contributed by atoms with E-state index in [9.17, 15) is 4.79 Å². The fourth-order valence-electron chi connectivity index (χ4n) is 4.03. The summed E-state index contributed by atoms with van der Waals surface area (Å²) in [6, 6.07) is 8.02. The highest BCUT2D eigenvalue weighted by molar-refractivity contribution is 5.64. The van der Waals surface area contributed by atoms with Crippen molar-refractivity contribution < 1.29 is 23.9 Å². The van der Waals surface area contributed by atoms with E-state index in [4.69, 9.17) is 19.1 Å². The van der Waals surface area contributed by atoms with Crippen molar-refractivity contribution in [2.75, 3.05) is 6.61 Å². The molecule has 1 saturated heterocycles. The molecule has 8 nitrogen and oxygen atoms in total.